The van der Waals surface area contributed by atoms with Crippen molar-refractivity contribution in [1.29, 1.82) is 0 Å². The molecule has 2 heterocycles. The lowest BCUT2D eigenvalue weighted by Gasteiger charge is -2.32. The van der Waals surface area contributed by atoms with Gasteiger partial charge in [-0.25, -0.2) is 0 Å². The van der Waals surface area contributed by atoms with Crippen LogP contribution in [0.15, 0.2) is 30.3 Å². The molecule has 0 unspecified atom stereocenters. The third kappa shape index (κ3) is 7.98. The number of carbonyl (C=O) groups is 3. The number of hydrogen-bond donors (Lipinski definition) is 2. The Balaban J connectivity index is 1.32. The Hall–Kier alpha value is -2.41. The van der Waals surface area contributed by atoms with Crippen molar-refractivity contribution in [2.45, 2.75) is 51.6 Å². The number of hydrogen-bond acceptors (Lipinski definition) is 5. The predicted molar refractivity (Wildman–Crippen MR) is 118 cm³/mol. The van der Waals surface area contributed by atoms with Crippen molar-refractivity contribution in [3.05, 3.63) is 35.9 Å². The zero-order valence-corrected chi connectivity index (χ0v) is 18.3. The average Bonchev–Trinajstić information content (AvgIpc) is 2.82. The Morgan fingerprint density at radius 3 is 2.61 bits per heavy atom. The van der Waals surface area contributed by atoms with E-state index in [9.17, 15) is 14.4 Å². The van der Waals surface area contributed by atoms with E-state index in [2.05, 4.69) is 10.6 Å². The summed E-state index contributed by atoms with van der Waals surface area (Å²) in [5.74, 6) is 0.197. The highest BCUT2D eigenvalue weighted by Gasteiger charge is 2.28. The molecule has 7 heteroatoms. The van der Waals surface area contributed by atoms with E-state index in [-0.39, 0.29) is 43.3 Å². The van der Waals surface area contributed by atoms with Crippen molar-refractivity contribution >= 4 is 17.8 Å². The number of piperidine rings is 2. The molecular formula is C24H35N3O4. The molecule has 1 aromatic carbocycles. The molecule has 2 aliphatic heterocycles. The average molecular weight is 430 g/mol. The molecule has 2 aliphatic rings. The maximum absolute atomic E-state index is 12.6. The highest BCUT2D eigenvalue weighted by Crippen LogP contribution is 2.21. The van der Waals surface area contributed by atoms with Gasteiger partial charge < -0.3 is 20.3 Å². The van der Waals surface area contributed by atoms with Crippen molar-refractivity contribution in [2.75, 3.05) is 32.7 Å². The van der Waals surface area contributed by atoms with Crippen LogP contribution in [0.4, 0.5) is 0 Å². The third-order valence-electron chi connectivity index (χ3n) is 6.24. The lowest BCUT2D eigenvalue weighted by atomic mass is 9.92. The van der Waals surface area contributed by atoms with E-state index in [4.69, 9.17) is 4.74 Å². The maximum Gasteiger partial charge on any atom is 0.307 e. The van der Waals surface area contributed by atoms with Crippen LogP contribution in [0.2, 0.25) is 0 Å². The quantitative estimate of drug-likeness (QED) is 0.588. The standard InChI is InChI=1S/C24H35N3O4/c28-22(9-8-19-10-13-25-14-11-19)27-16-4-7-21(17-27)24(30)26-15-12-23(29)31-18-20-5-2-1-3-6-20/h1-3,5-6,19,21,25H,4,7-18H2,(H,26,30)/t21-/m1/s1. The fraction of sp³-hybridized carbons (Fsp3) is 0.625. The molecule has 2 saturated heterocycles. The summed E-state index contributed by atoms with van der Waals surface area (Å²) in [6.07, 6.45) is 5.58. The molecule has 0 spiro atoms. The van der Waals surface area contributed by atoms with Crippen LogP contribution in [0.3, 0.4) is 0 Å². The smallest absolute Gasteiger partial charge is 0.307 e. The van der Waals surface area contributed by atoms with Crippen molar-refractivity contribution in [2.24, 2.45) is 11.8 Å². The first-order chi connectivity index (χ1) is 15.1. The molecule has 0 saturated carbocycles. The number of amides is 2. The Morgan fingerprint density at radius 2 is 1.84 bits per heavy atom. The third-order valence-corrected chi connectivity index (χ3v) is 6.24. The summed E-state index contributed by atoms with van der Waals surface area (Å²) in [5.41, 5.74) is 0.937. The number of nitrogens with zero attached hydrogens (tertiary/aromatic N) is 1. The number of ether oxygens (including phenoxy) is 1. The second-order valence-corrected chi connectivity index (χ2v) is 8.60. The first-order valence-electron chi connectivity index (χ1n) is 11.6. The van der Waals surface area contributed by atoms with Crippen LogP contribution >= 0.6 is 0 Å². The van der Waals surface area contributed by atoms with Gasteiger partial charge in [0.2, 0.25) is 11.8 Å². The van der Waals surface area contributed by atoms with E-state index in [1.807, 2.05) is 35.2 Å². The highest BCUT2D eigenvalue weighted by molar-refractivity contribution is 5.81. The van der Waals surface area contributed by atoms with Gasteiger partial charge in [0, 0.05) is 26.1 Å². The van der Waals surface area contributed by atoms with Crippen LogP contribution in [0.1, 0.15) is 50.5 Å². The molecule has 0 aliphatic carbocycles. The van der Waals surface area contributed by atoms with Gasteiger partial charge in [-0.15, -0.1) is 0 Å². The maximum atomic E-state index is 12.6. The zero-order valence-electron chi connectivity index (χ0n) is 18.3. The van der Waals surface area contributed by atoms with E-state index in [0.717, 1.165) is 57.3 Å². The van der Waals surface area contributed by atoms with E-state index in [1.54, 1.807) is 0 Å². The van der Waals surface area contributed by atoms with Crippen LogP contribution in [0, 0.1) is 11.8 Å². The van der Waals surface area contributed by atoms with Crippen molar-refractivity contribution in [1.82, 2.24) is 15.5 Å². The van der Waals surface area contributed by atoms with Gasteiger partial charge in [0.25, 0.3) is 0 Å². The Kier molecular flexibility index (Phi) is 9.34. The van der Waals surface area contributed by atoms with E-state index < -0.39 is 0 Å². The molecule has 2 amide bonds. The molecule has 7 nitrogen and oxygen atoms in total. The molecule has 0 radical (unpaired) electrons. The Morgan fingerprint density at radius 1 is 1.06 bits per heavy atom. The molecule has 170 valence electrons. The Bertz CT molecular complexity index is 719. The zero-order chi connectivity index (χ0) is 21.9. The lowest BCUT2D eigenvalue weighted by molar-refractivity contribution is -0.144. The fourth-order valence-corrected chi connectivity index (χ4v) is 4.32. The summed E-state index contributed by atoms with van der Waals surface area (Å²) in [6.45, 7) is 3.81. The molecule has 1 atom stereocenters. The summed E-state index contributed by atoms with van der Waals surface area (Å²) >= 11 is 0. The number of carbonyl (C=O) groups excluding carboxylic acids is 3. The predicted octanol–water partition coefficient (Wildman–Crippen LogP) is 2.25. The van der Waals surface area contributed by atoms with Gasteiger partial charge in [0.1, 0.15) is 6.61 Å². The minimum atomic E-state index is -0.331. The molecule has 3 rings (SSSR count). The summed E-state index contributed by atoms with van der Waals surface area (Å²) in [4.78, 5) is 38.9. The number of benzene rings is 1. The highest BCUT2D eigenvalue weighted by atomic mass is 16.5. The number of rotatable bonds is 9. The summed E-state index contributed by atoms with van der Waals surface area (Å²) < 4.78 is 5.23. The lowest BCUT2D eigenvalue weighted by Crippen LogP contribution is -2.45. The molecule has 2 fully saturated rings. The van der Waals surface area contributed by atoms with Crippen molar-refractivity contribution in [3.63, 3.8) is 0 Å². The minimum Gasteiger partial charge on any atom is -0.461 e. The van der Waals surface area contributed by atoms with Gasteiger partial charge >= 0.3 is 5.97 Å². The van der Waals surface area contributed by atoms with Gasteiger partial charge in [-0.3, -0.25) is 14.4 Å². The van der Waals surface area contributed by atoms with Crippen LogP contribution in [0.25, 0.3) is 0 Å². The van der Waals surface area contributed by atoms with E-state index in [0.29, 0.717) is 18.9 Å². The summed E-state index contributed by atoms with van der Waals surface area (Å²) in [7, 11) is 0. The number of esters is 1. The SMILES string of the molecule is O=C(CCNC(=O)[C@@H]1CCCN(C(=O)CCC2CCNCC2)C1)OCc1ccccc1. The van der Waals surface area contributed by atoms with Crippen molar-refractivity contribution in [3.8, 4) is 0 Å². The first kappa shape index (κ1) is 23.3. The first-order valence-corrected chi connectivity index (χ1v) is 11.6. The fourth-order valence-electron chi connectivity index (χ4n) is 4.32. The number of likely N-dealkylation sites (tertiary alicyclic amines) is 1. The number of nitrogens with one attached hydrogen (secondary N) is 2. The largest absolute Gasteiger partial charge is 0.461 e. The molecule has 1 aromatic rings. The molecule has 0 bridgehead atoms. The van der Waals surface area contributed by atoms with Gasteiger partial charge in [0.05, 0.1) is 12.3 Å². The van der Waals surface area contributed by atoms with Crippen LogP contribution < -0.4 is 10.6 Å². The van der Waals surface area contributed by atoms with Gasteiger partial charge in [-0.1, -0.05) is 30.3 Å². The molecular weight excluding hydrogens is 394 g/mol. The van der Waals surface area contributed by atoms with E-state index in [1.165, 1.54) is 0 Å². The second-order valence-electron chi connectivity index (χ2n) is 8.60. The Labute approximate surface area is 184 Å². The normalized spacial score (nSPS) is 19.6. The monoisotopic (exact) mass is 429 g/mol. The van der Waals surface area contributed by atoms with Crippen LogP contribution in [0.5, 0.6) is 0 Å². The summed E-state index contributed by atoms with van der Waals surface area (Å²) in [6, 6.07) is 9.51. The van der Waals surface area contributed by atoms with Crippen LogP contribution in [-0.2, 0) is 25.7 Å². The topological polar surface area (TPSA) is 87.7 Å². The summed E-state index contributed by atoms with van der Waals surface area (Å²) in [5, 5.41) is 6.19. The van der Waals surface area contributed by atoms with Gasteiger partial charge in [0.15, 0.2) is 0 Å². The van der Waals surface area contributed by atoms with Crippen molar-refractivity contribution < 1.29 is 19.1 Å². The minimum absolute atomic E-state index is 0.0771. The van der Waals surface area contributed by atoms with Gasteiger partial charge in [-0.2, -0.15) is 0 Å². The van der Waals surface area contributed by atoms with E-state index >= 15 is 0 Å². The molecule has 0 aromatic heterocycles. The molecule has 2 N–H and O–H groups in total. The molecule has 31 heavy (non-hydrogen) atoms. The van der Waals surface area contributed by atoms with Gasteiger partial charge in [-0.05, 0) is 56.7 Å². The second kappa shape index (κ2) is 12.4. The van der Waals surface area contributed by atoms with Crippen LogP contribution in [-0.4, -0.2) is 55.4 Å².